The number of carboxylic acids is 1. The third kappa shape index (κ3) is 3.28. The molecule has 2 aliphatic carbocycles. The SMILES string of the molecule is O=C(O)CC1C(=O)NCCN1C(=O)N(CC1CC1)C1CC1. The van der Waals surface area contributed by atoms with Crippen molar-refractivity contribution >= 4 is 17.9 Å². The highest BCUT2D eigenvalue weighted by molar-refractivity contribution is 5.91. The van der Waals surface area contributed by atoms with Gasteiger partial charge in [-0.15, -0.1) is 0 Å². The zero-order chi connectivity index (χ0) is 15.0. The lowest BCUT2D eigenvalue weighted by Crippen LogP contribution is -2.60. The van der Waals surface area contributed by atoms with E-state index in [2.05, 4.69) is 5.32 Å². The summed E-state index contributed by atoms with van der Waals surface area (Å²) in [7, 11) is 0. The van der Waals surface area contributed by atoms with Gasteiger partial charge < -0.3 is 20.2 Å². The second-order valence-electron chi connectivity index (χ2n) is 6.21. The molecule has 2 N–H and O–H groups in total. The molecule has 0 aromatic carbocycles. The van der Waals surface area contributed by atoms with Gasteiger partial charge in [0.25, 0.3) is 0 Å². The van der Waals surface area contributed by atoms with Crippen LogP contribution >= 0.6 is 0 Å². The smallest absolute Gasteiger partial charge is 0.321 e. The first-order valence-electron chi connectivity index (χ1n) is 7.63. The van der Waals surface area contributed by atoms with Crippen LogP contribution in [-0.2, 0) is 9.59 Å². The van der Waals surface area contributed by atoms with Crippen LogP contribution in [-0.4, -0.2) is 64.5 Å². The molecule has 1 aliphatic heterocycles. The van der Waals surface area contributed by atoms with Crippen LogP contribution in [0.15, 0.2) is 0 Å². The van der Waals surface area contributed by atoms with Crippen LogP contribution < -0.4 is 5.32 Å². The number of urea groups is 1. The molecule has 21 heavy (non-hydrogen) atoms. The molecule has 7 heteroatoms. The van der Waals surface area contributed by atoms with Crippen LogP contribution in [0, 0.1) is 5.92 Å². The molecule has 0 aromatic heterocycles. The largest absolute Gasteiger partial charge is 0.481 e. The number of nitrogens with one attached hydrogen (secondary N) is 1. The van der Waals surface area contributed by atoms with Gasteiger partial charge in [-0.2, -0.15) is 0 Å². The van der Waals surface area contributed by atoms with Crippen molar-refractivity contribution < 1.29 is 19.5 Å². The van der Waals surface area contributed by atoms with E-state index in [1.165, 1.54) is 4.90 Å². The van der Waals surface area contributed by atoms with Crippen molar-refractivity contribution in [2.75, 3.05) is 19.6 Å². The number of rotatable bonds is 5. The second-order valence-corrected chi connectivity index (χ2v) is 6.21. The molecule has 1 heterocycles. The summed E-state index contributed by atoms with van der Waals surface area (Å²) < 4.78 is 0. The fraction of sp³-hybridized carbons (Fsp3) is 0.786. The summed E-state index contributed by atoms with van der Waals surface area (Å²) in [6, 6.07) is -0.761. The van der Waals surface area contributed by atoms with E-state index in [1.807, 2.05) is 4.90 Å². The highest BCUT2D eigenvalue weighted by Gasteiger charge is 2.42. The number of aliphatic carboxylic acids is 1. The molecule has 7 nitrogen and oxygen atoms in total. The third-order valence-electron chi connectivity index (χ3n) is 4.33. The van der Waals surface area contributed by atoms with Gasteiger partial charge in [0.15, 0.2) is 0 Å². The van der Waals surface area contributed by atoms with Crippen molar-refractivity contribution in [3.63, 3.8) is 0 Å². The number of carbonyl (C=O) groups excluding carboxylic acids is 2. The Morgan fingerprint density at radius 3 is 2.57 bits per heavy atom. The summed E-state index contributed by atoms with van der Waals surface area (Å²) in [6.45, 7) is 1.53. The van der Waals surface area contributed by atoms with E-state index < -0.39 is 12.0 Å². The first kappa shape index (κ1) is 14.2. The zero-order valence-corrected chi connectivity index (χ0v) is 12.0. The van der Waals surface area contributed by atoms with Crippen molar-refractivity contribution in [2.45, 2.75) is 44.2 Å². The lowest BCUT2D eigenvalue weighted by molar-refractivity contribution is -0.142. The van der Waals surface area contributed by atoms with E-state index in [0.717, 1.165) is 32.2 Å². The van der Waals surface area contributed by atoms with Gasteiger partial charge in [0.2, 0.25) is 5.91 Å². The Morgan fingerprint density at radius 1 is 1.29 bits per heavy atom. The maximum atomic E-state index is 12.8. The molecule has 1 atom stereocenters. The lowest BCUT2D eigenvalue weighted by Gasteiger charge is -2.38. The first-order valence-corrected chi connectivity index (χ1v) is 7.63. The minimum atomic E-state index is -1.06. The Hall–Kier alpha value is -1.79. The summed E-state index contributed by atoms with van der Waals surface area (Å²) in [5.41, 5.74) is 0. The minimum Gasteiger partial charge on any atom is -0.481 e. The molecule has 0 aromatic rings. The molecule has 3 rings (SSSR count). The van der Waals surface area contributed by atoms with Crippen molar-refractivity contribution in [1.82, 2.24) is 15.1 Å². The summed E-state index contributed by atoms with van der Waals surface area (Å²) in [5, 5.41) is 11.6. The highest BCUT2D eigenvalue weighted by Crippen LogP contribution is 2.35. The molecular weight excluding hydrogens is 274 g/mol. The Kier molecular flexibility index (Phi) is 3.73. The number of nitrogens with zero attached hydrogens (tertiary/aromatic N) is 2. The average Bonchev–Trinajstić information content (AvgIpc) is 3.30. The quantitative estimate of drug-likeness (QED) is 0.761. The van der Waals surface area contributed by atoms with E-state index in [0.29, 0.717) is 19.0 Å². The van der Waals surface area contributed by atoms with E-state index in [9.17, 15) is 14.4 Å². The van der Waals surface area contributed by atoms with Crippen LogP contribution in [0.5, 0.6) is 0 Å². The normalized spacial score (nSPS) is 25.4. The molecule has 1 unspecified atom stereocenters. The summed E-state index contributed by atoms with van der Waals surface area (Å²) in [6.07, 6.45) is 4.02. The van der Waals surface area contributed by atoms with Crippen molar-refractivity contribution in [3.05, 3.63) is 0 Å². The highest BCUT2D eigenvalue weighted by atomic mass is 16.4. The standard InChI is InChI=1S/C14H21N3O4/c18-12(19)7-11-13(20)15-5-6-16(11)14(21)17(10-3-4-10)8-9-1-2-9/h9-11H,1-8H2,(H,15,20)(H,18,19). The fourth-order valence-electron chi connectivity index (χ4n) is 2.83. The van der Waals surface area contributed by atoms with Gasteiger partial charge in [0, 0.05) is 25.7 Å². The number of hydrogen-bond donors (Lipinski definition) is 2. The Labute approximate surface area is 123 Å². The fourth-order valence-corrected chi connectivity index (χ4v) is 2.83. The van der Waals surface area contributed by atoms with Gasteiger partial charge in [0.05, 0.1) is 6.42 Å². The summed E-state index contributed by atoms with van der Waals surface area (Å²) in [4.78, 5) is 38.9. The zero-order valence-electron chi connectivity index (χ0n) is 12.0. The topological polar surface area (TPSA) is 89.9 Å². The minimum absolute atomic E-state index is 0.162. The van der Waals surface area contributed by atoms with E-state index >= 15 is 0 Å². The Morgan fingerprint density at radius 2 is 2.00 bits per heavy atom. The maximum absolute atomic E-state index is 12.8. The molecule has 3 aliphatic rings. The van der Waals surface area contributed by atoms with Crippen molar-refractivity contribution in [1.29, 1.82) is 0 Å². The van der Waals surface area contributed by atoms with Gasteiger partial charge >= 0.3 is 12.0 Å². The van der Waals surface area contributed by atoms with Crippen LogP contribution in [0.3, 0.4) is 0 Å². The third-order valence-corrected chi connectivity index (χ3v) is 4.33. The molecule has 3 fully saturated rings. The number of hydrogen-bond acceptors (Lipinski definition) is 3. The van der Waals surface area contributed by atoms with Crippen molar-refractivity contribution in [3.8, 4) is 0 Å². The molecule has 0 bridgehead atoms. The van der Waals surface area contributed by atoms with Gasteiger partial charge in [-0.3, -0.25) is 9.59 Å². The summed E-state index contributed by atoms with van der Waals surface area (Å²) in [5.74, 6) is -0.833. The molecule has 0 spiro atoms. The van der Waals surface area contributed by atoms with E-state index in [-0.39, 0.29) is 24.4 Å². The average molecular weight is 295 g/mol. The van der Waals surface area contributed by atoms with Crippen LogP contribution in [0.2, 0.25) is 0 Å². The number of amides is 3. The number of carbonyl (C=O) groups is 3. The Balaban J connectivity index is 1.72. The van der Waals surface area contributed by atoms with Gasteiger partial charge in [-0.1, -0.05) is 0 Å². The van der Waals surface area contributed by atoms with E-state index in [1.54, 1.807) is 0 Å². The molecular formula is C14H21N3O4. The predicted molar refractivity (Wildman–Crippen MR) is 73.6 cm³/mol. The van der Waals surface area contributed by atoms with Gasteiger partial charge in [-0.05, 0) is 31.6 Å². The maximum Gasteiger partial charge on any atom is 0.321 e. The molecule has 2 saturated carbocycles. The monoisotopic (exact) mass is 295 g/mol. The lowest BCUT2D eigenvalue weighted by atomic mass is 10.1. The van der Waals surface area contributed by atoms with Gasteiger partial charge in [-0.25, -0.2) is 4.79 Å². The molecule has 116 valence electrons. The first-order chi connectivity index (χ1) is 10.1. The van der Waals surface area contributed by atoms with Crippen molar-refractivity contribution in [2.24, 2.45) is 5.92 Å². The number of piperazine rings is 1. The van der Waals surface area contributed by atoms with E-state index in [4.69, 9.17) is 5.11 Å². The number of carboxylic acid groups (broad SMARTS) is 1. The Bertz CT molecular complexity index is 459. The summed E-state index contributed by atoms with van der Waals surface area (Å²) >= 11 is 0. The van der Waals surface area contributed by atoms with Crippen LogP contribution in [0.4, 0.5) is 4.79 Å². The molecule has 3 amide bonds. The van der Waals surface area contributed by atoms with Crippen LogP contribution in [0.25, 0.3) is 0 Å². The molecule has 0 radical (unpaired) electrons. The molecule has 1 saturated heterocycles. The van der Waals surface area contributed by atoms with Crippen LogP contribution in [0.1, 0.15) is 32.1 Å². The predicted octanol–water partition coefficient (Wildman–Crippen LogP) is 0.256. The van der Waals surface area contributed by atoms with Gasteiger partial charge in [0.1, 0.15) is 6.04 Å². The second kappa shape index (κ2) is 5.54.